The third-order valence-electron chi connectivity index (χ3n) is 3.71. The highest BCUT2D eigenvalue weighted by molar-refractivity contribution is 5.23. The lowest BCUT2D eigenvalue weighted by Crippen LogP contribution is -2.26. The molecular formula is C17H26O2. The van der Waals surface area contributed by atoms with E-state index in [-0.39, 0.29) is 6.29 Å². The van der Waals surface area contributed by atoms with E-state index in [2.05, 4.69) is 38.1 Å². The molecule has 1 aliphatic heterocycles. The zero-order valence-corrected chi connectivity index (χ0v) is 12.2. The monoisotopic (exact) mass is 262 g/mol. The number of unbranched alkanes of at least 4 members (excludes halogenated alkanes) is 1. The summed E-state index contributed by atoms with van der Waals surface area (Å²) in [6, 6.07) is 8.73. The standard InChI is InChI=1S/C17H26O2/c1-3-5-7-14-8-10-15(11-9-14)17-18-13-12-16(19-17)6-4-2/h8-11,16-17H,3-7,12-13H2,1-2H3. The molecule has 0 saturated carbocycles. The van der Waals surface area contributed by atoms with E-state index >= 15 is 0 Å². The Kier molecular flexibility index (Phi) is 5.87. The van der Waals surface area contributed by atoms with Gasteiger partial charge in [-0.25, -0.2) is 0 Å². The summed E-state index contributed by atoms with van der Waals surface area (Å²) < 4.78 is 11.8. The van der Waals surface area contributed by atoms with Gasteiger partial charge in [0.05, 0.1) is 12.7 Å². The van der Waals surface area contributed by atoms with Gasteiger partial charge in [0.1, 0.15) is 0 Å². The van der Waals surface area contributed by atoms with E-state index in [9.17, 15) is 0 Å². The first-order valence-electron chi connectivity index (χ1n) is 7.69. The fourth-order valence-corrected chi connectivity index (χ4v) is 2.52. The number of aryl methyl sites for hydroxylation is 1. The van der Waals surface area contributed by atoms with Gasteiger partial charge >= 0.3 is 0 Å². The molecule has 1 heterocycles. The second-order valence-corrected chi connectivity index (χ2v) is 5.38. The van der Waals surface area contributed by atoms with Gasteiger partial charge in [0.25, 0.3) is 0 Å². The molecule has 0 aliphatic carbocycles. The Morgan fingerprint density at radius 1 is 1.11 bits per heavy atom. The van der Waals surface area contributed by atoms with Crippen LogP contribution in [0.1, 0.15) is 63.4 Å². The molecule has 0 bridgehead atoms. The van der Waals surface area contributed by atoms with Gasteiger partial charge in [0, 0.05) is 5.56 Å². The average molecular weight is 262 g/mol. The largest absolute Gasteiger partial charge is 0.348 e. The van der Waals surface area contributed by atoms with E-state index in [1.54, 1.807) is 0 Å². The van der Waals surface area contributed by atoms with E-state index in [4.69, 9.17) is 9.47 Å². The third-order valence-corrected chi connectivity index (χ3v) is 3.71. The van der Waals surface area contributed by atoms with Gasteiger partial charge in [-0.05, 0) is 31.2 Å². The summed E-state index contributed by atoms with van der Waals surface area (Å²) >= 11 is 0. The van der Waals surface area contributed by atoms with Crippen LogP contribution in [0.2, 0.25) is 0 Å². The van der Waals surface area contributed by atoms with Crippen molar-refractivity contribution in [2.75, 3.05) is 6.61 Å². The number of hydrogen-bond acceptors (Lipinski definition) is 2. The molecule has 1 aliphatic rings. The van der Waals surface area contributed by atoms with Crippen LogP contribution in [0.15, 0.2) is 24.3 Å². The molecule has 0 amide bonds. The summed E-state index contributed by atoms with van der Waals surface area (Å²) in [7, 11) is 0. The first kappa shape index (κ1) is 14.5. The van der Waals surface area contributed by atoms with Crippen molar-refractivity contribution in [3.63, 3.8) is 0 Å². The second kappa shape index (κ2) is 7.66. The molecule has 0 spiro atoms. The first-order chi connectivity index (χ1) is 9.33. The topological polar surface area (TPSA) is 18.5 Å². The average Bonchev–Trinajstić information content (AvgIpc) is 2.46. The van der Waals surface area contributed by atoms with Crippen molar-refractivity contribution >= 4 is 0 Å². The van der Waals surface area contributed by atoms with Crippen molar-refractivity contribution in [2.24, 2.45) is 0 Å². The maximum Gasteiger partial charge on any atom is 0.184 e. The molecule has 1 fully saturated rings. The molecule has 0 radical (unpaired) electrons. The van der Waals surface area contributed by atoms with Gasteiger partial charge in [-0.2, -0.15) is 0 Å². The van der Waals surface area contributed by atoms with E-state index in [0.29, 0.717) is 6.10 Å². The maximum absolute atomic E-state index is 6.01. The molecule has 2 rings (SSSR count). The van der Waals surface area contributed by atoms with Gasteiger partial charge in [-0.3, -0.25) is 0 Å². The van der Waals surface area contributed by atoms with Crippen LogP contribution in [0.4, 0.5) is 0 Å². The van der Waals surface area contributed by atoms with Crippen molar-refractivity contribution in [3.8, 4) is 0 Å². The predicted molar refractivity (Wildman–Crippen MR) is 78.1 cm³/mol. The lowest BCUT2D eigenvalue weighted by atomic mass is 10.1. The van der Waals surface area contributed by atoms with Crippen LogP contribution < -0.4 is 0 Å². The third kappa shape index (κ3) is 4.32. The molecule has 1 aromatic carbocycles. The van der Waals surface area contributed by atoms with Gasteiger partial charge in [-0.15, -0.1) is 0 Å². The van der Waals surface area contributed by atoms with Gasteiger partial charge < -0.3 is 9.47 Å². The van der Waals surface area contributed by atoms with Gasteiger partial charge in [-0.1, -0.05) is 51.0 Å². The Hall–Kier alpha value is -0.860. The normalized spacial score (nSPS) is 23.5. The van der Waals surface area contributed by atoms with Crippen LogP contribution in [0.25, 0.3) is 0 Å². The highest BCUT2D eigenvalue weighted by atomic mass is 16.7. The Bertz CT molecular complexity index is 356. The number of hydrogen-bond donors (Lipinski definition) is 0. The fourth-order valence-electron chi connectivity index (χ4n) is 2.52. The molecule has 1 saturated heterocycles. The molecule has 0 aromatic heterocycles. The highest BCUT2D eigenvalue weighted by Crippen LogP contribution is 2.28. The molecule has 1 aromatic rings. The van der Waals surface area contributed by atoms with Crippen molar-refractivity contribution in [1.29, 1.82) is 0 Å². The predicted octanol–water partition coefficient (Wildman–Crippen LogP) is 4.63. The van der Waals surface area contributed by atoms with E-state index < -0.39 is 0 Å². The minimum Gasteiger partial charge on any atom is -0.348 e. The van der Waals surface area contributed by atoms with Gasteiger partial charge in [0.2, 0.25) is 0 Å². The molecule has 2 atom stereocenters. The number of rotatable bonds is 6. The highest BCUT2D eigenvalue weighted by Gasteiger charge is 2.23. The molecule has 2 heteroatoms. The summed E-state index contributed by atoms with van der Waals surface area (Å²) in [6.45, 7) is 5.25. The molecular weight excluding hydrogens is 236 g/mol. The van der Waals surface area contributed by atoms with Crippen molar-refractivity contribution in [3.05, 3.63) is 35.4 Å². The van der Waals surface area contributed by atoms with Crippen LogP contribution in [0.5, 0.6) is 0 Å². The summed E-state index contributed by atoms with van der Waals surface area (Å²) in [5.41, 5.74) is 2.56. The second-order valence-electron chi connectivity index (χ2n) is 5.38. The Morgan fingerprint density at radius 3 is 2.58 bits per heavy atom. The zero-order valence-electron chi connectivity index (χ0n) is 12.2. The van der Waals surface area contributed by atoms with Crippen LogP contribution in [0.3, 0.4) is 0 Å². The zero-order chi connectivity index (χ0) is 13.5. The van der Waals surface area contributed by atoms with E-state index in [0.717, 1.165) is 25.0 Å². The summed E-state index contributed by atoms with van der Waals surface area (Å²) in [6.07, 6.45) is 7.21. The van der Waals surface area contributed by atoms with Crippen LogP contribution in [-0.4, -0.2) is 12.7 Å². The fraction of sp³-hybridized carbons (Fsp3) is 0.647. The molecule has 2 nitrogen and oxygen atoms in total. The molecule has 2 unspecified atom stereocenters. The summed E-state index contributed by atoms with van der Waals surface area (Å²) in [5.74, 6) is 0. The van der Waals surface area contributed by atoms with Crippen molar-refractivity contribution in [2.45, 2.75) is 64.8 Å². The van der Waals surface area contributed by atoms with Crippen molar-refractivity contribution < 1.29 is 9.47 Å². The van der Waals surface area contributed by atoms with Gasteiger partial charge in [0.15, 0.2) is 6.29 Å². The number of benzene rings is 1. The minimum atomic E-state index is -0.162. The quantitative estimate of drug-likeness (QED) is 0.744. The molecule has 19 heavy (non-hydrogen) atoms. The summed E-state index contributed by atoms with van der Waals surface area (Å²) in [4.78, 5) is 0. The Morgan fingerprint density at radius 2 is 1.89 bits per heavy atom. The van der Waals surface area contributed by atoms with E-state index in [1.165, 1.54) is 31.2 Å². The molecule has 0 N–H and O–H groups in total. The minimum absolute atomic E-state index is 0.162. The maximum atomic E-state index is 6.01. The van der Waals surface area contributed by atoms with Crippen molar-refractivity contribution in [1.82, 2.24) is 0 Å². The summed E-state index contributed by atoms with van der Waals surface area (Å²) in [5, 5.41) is 0. The SMILES string of the molecule is CCCCc1ccc(C2OCCC(CCC)O2)cc1. The van der Waals surface area contributed by atoms with Crippen LogP contribution in [-0.2, 0) is 15.9 Å². The Labute approximate surface area is 117 Å². The lowest BCUT2D eigenvalue weighted by molar-refractivity contribution is -0.218. The smallest absolute Gasteiger partial charge is 0.184 e. The number of ether oxygens (including phenoxy) is 2. The first-order valence-corrected chi connectivity index (χ1v) is 7.69. The van der Waals surface area contributed by atoms with E-state index in [1.807, 2.05) is 0 Å². The van der Waals surface area contributed by atoms with Crippen LogP contribution in [0, 0.1) is 0 Å². The lowest BCUT2D eigenvalue weighted by Gasteiger charge is -2.30. The Balaban J connectivity index is 1.93. The molecule has 106 valence electrons. The van der Waals surface area contributed by atoms with Crippen LogP contribution >= 0.6 is 0 Å².